The summed E-state index contributed by atoms with van der Waals surface area (Å²) in [4.78, 5) is 0. The Hall–Kier alpha value is -2.22. The fraction of sp³-hybridized carbons (Fsp3) is 0.125. The molecule has 0 atom stereocenters. The van der Waals surface area contributed by atoms with E-state index in [1.807, 2.05) is 12.1 Å². The van der Waals surface area contributed by atoms with Gasteiger partial charge in [0.2, 0.25) is 0 Å². The minimum Gasteiger partial charge on any atom is -0.399 e. The van der Waals surface area contributed by atoms with E-state index in [4.69, 9.17) is 5.73 Å². The van der Waals surface area contributed by atoms with Crippen LogP contribution in [0.4, 0.5) is 5.69 Å². The maximum atomic E-state index is 5.71. The Morgan fingerprint density at radius 2 is 1.72 bits per heavy atom. The highest BCUT2D eigenvalue weighted by Gasteiger charge is 2.04. The van der Waals surface area contributed by atoms with Gasteiger partial charge in [-0.1, -0.05) is 30.3 Å². The van der Waals surface area contributed by atoms with Crippen molar-refractivity contribution in [2.75, 3.05) is 5.73 Å². The topological polar surface area (TPSA) is 30.9 Å². The summed E-state index contributed by atoms with van der Waals surface area (Å²) in [5.41, 5.74) is 10.4. The van der Waals surface area contributed by atoms with Crippen molar-refractivity contribution in [1.29, 1.82) is 0 Å². The number of hydrogen-bond donors (Lipinski definition) is 1. The molecular formula is C16H16N2. The third kappa shape index (κ3) is 1.86. The number of hydrogen-bond acceptors (Lipinski definition) is 1. The Kier molecular flexibility index (Phi) is 2.56. The van der Waals surface area contributed by atoms with E-state index >= 15 is 0 Å². The van der Waals surface area contributed by atoms with E-state index < -0.39 is 0 Å². The maximum Gasteiger partial charge on any atom is 0.0486 e. The van der Waals surface area contributed by atoms with Crippen molar-refractivity contribution in [2.24, 2.45) is 0 Å². The summed E-state index contributed by atoms with van der Waals surface area (Å²) >= 11 is 0. The minimum absolute atomic E-state index is 0.812. The zero-order valence-corrected chi connectivity index (χ0v) is 10.4. The molecule has 2 N–H and O–H groups in total. The fourth-order valence-corrected chi connectivity index (χ4v) is 2.38. The van der Waals surface area contributed by atoms with E-state index in [-0.39, 0.29) is 0 Å². The van der Waals surface area contributed by atoms with Crippen LogP contribution in [0.15, 0.2) is 54.7 Å². The van der Waals surface area contributed by atoms with Crippen molar-refractivity contribution in [3.63, 3.8) is 0 Å². The molecule has 0 saturated carbocycles. The van der Waals surface area contributed by atoms with Crippen LogP contribution in [-0.2, 0) is 6.54 Å². The molecule has 3 rings (SSSR count). The normalized spacial score (nSPS) is 10.9. The van der Waals surface area contributed by atoms with E-state index in [0.29, 0.717) is 0 Å². The number of nitrogens with zero attached hydrogens (tertiary/aromatic N) is 1. The second kappa shape index (κ2) is 4.22. The smallest absolute Gasteiger partial charge is 0.0486 e. The maximum absolute atomic E-state index is 5.71. The van der Waals surface area contributed by atoms with Crippen LogP contribution in [0, 0.1) is 6.92 Å². The first-order valence-electron chi connectivity index (χ1n) is 6.13. The first-order chi connectivity index (χ1) is 8.74. The molecule has 2 nitrogen and oxygen atoms in total. The largest absolute Gasteiger partial charge is 0.399 e. The first kappa shape index (κ1) is 10.9. The van der Waals surface area contributed by atoms with Gasteiger partial charge >= 0.3 is 0 Å². The highest BCUT2D eigenvalue weighted by Crippen LogP contribution is 2.21. The second-order valence-electron chi connectivity index (χ2n) is 4.70. The van der Waals surface area contributed by atoms with Crippen molar-refractivity contribution in [1.82, 2.24) is 4.57 Å². The molecule has 0 aliphatic carbocycles. The molecule has 0 saturated heterocycles. The van der Waals surface area contributed by atoms with E-state index in [0.717, 1.165) is 12.2 Å². The lowest BCUT2D eigenvalue weighted by Gasteiger charge is -2.06. The SMILES string of the molecule is Cc1cn(Cc2ccc(N)cc2)c2ccccc12. The highest BCUT2D eigenvalue weighted by molar-refractivity contribution is 5.83. The standard InChI is InChI=1S/C16H16N2/c1-12-10-18(16-5-3-2-4-15(12)16)11-13-6-8-14(17)9-7-13/h2-10H,11,17H2,1H3. The summed E-state index contributed by atoms with van der Waals surface area (Å²) in [6, 6.07) is 16.6. The van der Waals surface area contributed by atoms with Crippen LogP contribution in [0.1, 0.15) is 11.1 Å². The first-order valence-corrected chi connectivity index (χ1v) is 6.13. The van der Waals surface area contributed by atoms with Gasteiger partial charge in [0.25, 0.3) is 0 Å². The van der Waals surface area contributed by atoms with Crippen LogP contribution >= 0.6 is 0 Å². The van der Waals surface area contributed by atoms with Crippen molar-refractivity contribution < 1.29 is 0 Å². The Labute approximate surface area is 107 Å². The molecule has 0 spiro atoms. The fourth-order valence-electron chi connectivity index (χ4n) is 2.38. The third-order valence-electron chi connectivity index (χ3n) is 3.32. The van der Waals surface area contributed by atoms with Crippen LogP contribution in [0.2, 0.25) is 0 Å². The average molecular weight is 236 g/mol. The quantitative estimate of drug-likeness (QED) is 0.677. The third-order valence-corrected chi connectivity index (χ3v) is 3.32. The molecule has 2 aromatic carbocycles. The van der Waals surface area contributed by atoms with Gasteiger partial charge in [0.1, 0.15) is 0 Å². The van der Waals surface area contributed by atoms with Gasteiger partial charge in [-0.05, 0) is 36.2 Å². The number of rotatable bonds is 2. The average Bonchev–Trinajstić information content (AvgIpc) is 2.70. The van der Waals surface area contributed by atoms with E-state index in [1.54, 1.807) is 0 Å². The molecule has 0 aliphatic heterocycles. The van der Waals surface area contributed by atoms with E-state index in [2.05, 4.69) is 54.1 Å². The summed E-state index contributed by atoms with van der Waals surface area (Å²) in [5.74, 6) is 0. The van der Waals surface area contributed by atoms with Crippen molar-refractivity contribution in [3.05, 3.63) is 65.9 Å². The van der Waals surface area contributed by atoms with Gasteiger partial charge in [-0.15, -0.1) is 0 Å². The van der Waals surface area contributed by atoms with E-state index in [9.17, 15) is 0 Å². The molecule has 1 aromatic heterocycles. The zero-order chi connectivity index (χ0) is 12.5. The monoisotopic (exact) mass is 236 g/mol. The molecular weight excluding hydrogens is 220 g/mol. The number of aromatic nitrogens is 1. The number of aryl methyl sites for hydroxylation is 1. The molecule has 0 radical (unpaired) electrons. The molecule has 0 amide bonds. The van der Waals surface area contributed by atoms with Crippen LogP contribution < -0.4 is 5.73 Å². The van der Waals surface area contributed by atoms with Crippen molar-refractivity contribution >= 4 is 16.6 Å². The van der Waals surface area contributed by atoms with Crippen molar-refractivity contribution in [3.8, 4) is 0 Å². The van der Waals surface area contributed by atoms with Crippen LogP contribution in [-0.4, -0.2) is 4.57 Å². The Morgan fingerprint density at radius 3 is 2.50 bits per heavy atom. The summed E-state index contributed by atoms with van der Waals surface area (Å²) in [6.07, 6.45) is 2.21. The van der Waals surface area contributed by atoms with E-state index in [1.165, 1.54) is 22.0 Å². The Balaban J connectivity index is 2.02. The summed E-state index contributed by atoms with van der Waals surface area (Å²) < 4.78 is 2.29. The zero-order valence-electron chi connectivity index (χ0n) is 10.4. The summed E-state index contributed by atoms with van der Waals surface area (Å²) in [7, 11) is 0. The lowest BCUT2D eigenvalue weighted by atomic mass is 10.2. The molecule has 0 bridgehead atoms. The number of para-hydroxylation sites is 1. The summed E-state index contributed by atoms with van der Waals surface area (Å²) in [6.45, 7) is 3.04. The lowest BCUT2D eigenvalue weighted by Crippen LogP contribution is -1.97. The van der Waals surface area contributed by atoms with Gasteiger partial charge in [0.15, 0.2) is 0 Å². The predicted octanol–water partition coefficient (Wildman–Crippen LogP) is 3.58. The molecule has 0 unspecified atom stereocenters. The molecule has 1 heterocycles. The van der Waals surface area contributed by atoms with Gasteiger partial charge in [-0.3, -0.25) is 0 Å². The number of anilines is 1. The predicted molar refractivity (Wildman–Crippen MR) is 76.6 cm³/mol. The van der Waals surface area contributed by atoms with Gasteiger partial charge in [0.05, 0.1) is 0 Å². The van der Waals surface area contributed by atoms with Crippen molar-refractivity contribution in [2.45, 2.75) is 13.5 Å². The number of nitrogens with two attached hydrogens (primary N) is 1. The molecule has 0 aliphatic rings. The van der Waals surface area contributed by atoms with Gasteiger partial charge in [0, 0.05) is 29.3 Å². The molecule has 0 fully saturated rings. The van der Waals surface area contributed by atoms with Gasteiger partial charge < -0.3 is 10.3 Å². The second-order valence-corrected chi connectivity index (χ2v) is 4.70. The lowest BCUT2D eigenvalue weighted by molar-refractivity contribution is 0.834. The Bertz CT molecular complexity index is 678. The molecule has 90 valence electrons. The number of benzene rings is 2. The van der Waals surface area contributed by atoms with Crippen LogP contribution in [0.3, 0.4) is 0 Å². The molecule has 3 aromatic rings. The number of nitrogen functional groups attached to an aromatic ring is 1. The Morgan fingerprint density at radius 1 is 1.00 bits per heavy atom. The summed E-state index contributed by atoms with van der Waals surface area (Å²) in [5, 5.41) is 1.33. The highest BCUT2D eigenvalue weighted by atomic mass is 15.0. The minimum atomic E-state index is 0.812. The number of fused-ring (bicyclic) bond motifs is 1. The molecule has 2 heteroatoms. The van der Waals surface area contributed by atoms with Gasteiger partial charge in [-0.25, -0.2) is 0 Å². The van der Waals surface area contributed by atoms with Crippen LogP contribution in [0.5, 0.6) is 0 Å². The van der Waals surface area contributed by atoms with Crippen LogP contribution in [0.25, 0.3) is 10.9 Å². The van der Waals surface area contributed by atoms with Gasteiger partial charge in [-0.2, -0.15) is 0 Å². The molecule has 18 heavy (non-hydrogen) atoms.